The van der Waals surface area contributed by atoms with E-state index in [4.69, 9.17) is 0 Å². The first-order valence-corrected chi connectivity index (χ1v) is 8.34. The van der Waals surface area contributed by atoms with Crippen molar-refractivity contribution >= 4 is 21.4 Å². The Kier molecular flexibility index (Phi) is 4.88. The van der Waals surface area contributed by atoms with Crippen LogP contribution in [0.4, 0.5) is 18.9 Å². The maximum atomic E-state index is 12.3. The van der Waals surface area contributed by atoms with Crippen molar-refractivity contribution in [3.05, 3.63) is 36.4 Å². The highest BCUT2D eigenvalue weighted by Crippen LogP contribution is 2.23. The van der Waals surface area contributed by atoms with E-state index >= 15 is 0 Å². The quantitative estimate of drug-likeness (QED) is 0.906. The van der Waals surface area contributed by atoms with Gasteiger partial charge < -0.3 is 5.32 Å². The van der Waals surface area contributed by atoms with Crippen LogP contribution in [0.15, 0.2) is 41.4 Å². The highest BCUT2D eigenvalue weighted by atomic mass is 32.2. The smallest absolute Gasteiger partial charge is 0.318 e. The Bertz CT molecular complexity index is 850. The van der Waals surface area contributed by atoms with Crippen molar-refractivity contribution in [2.24, 2.45) is 0 Å². The zero-order valence-corrected chi connectivity index (χ0v) is 13.1. The first-order chi connectivity index (χ1) is 11.1. The lowest BCUT2D eigenvalue weighted by molar-refractivity contribution is -0.167. The summed E-state index contributed by atoms with van der Waals surface area (Å²) in [5, 5.41) is 8.93. The Balaban J connectivity index is 2.27. The molecule has 0 atom stereocenters. The number of hydrogen-bond acceptors (Lipinski definition) is 5. The van der Waals surface area contributed by atoms with Crippen LogP contribution in [0.1, 0.15) is 6.92 Å². The highest BCUT2D eigenvalue weighted by molar-refractivity contribution is 7.91. The van der Waals surface area contributed by atoms with Gasteiger partial charge in [0.25, 0.3) is 0 Å². The van der Waals surface area contributed by atoms with E-state index in [-0.39, 0.29) is 22.2 Å². The van der Waals surface area contributed by atoms with Crippen molar-refractivity contribution in [3.63, 3.8) is 0 Å². The van der Waals surface area contributed by atoms with Gasteiger partial charge in [0.15, 0.2) is 14.9 Å². The number of carbonyl (C=O) groups is 1. The normalized spacial score (nSPS) is 12.0. The van der Waals surface area contributed by atoms with Crippen molar-refractivity contribution in [1.82, 2.24) is 10.2 Å². The summed E-state index contributed by atoms with van der Waals surface area (Å²) in [5.41, 5.74) is 0.568. The first-order valence-electron chi connectivity index (χ1n) is 6.68. The molecule has 10 heteroatoms. The molecule has 6 nitrogen and oxygen atoms in total. The van der Waals surface area contributed by atoms with E-state index in [9.17, 15) is 26.4 Å². The zero-order valence-electron chi connectivity index (χ0n) is 12.3. The van der Waals surface area contributed by atoms with Crippen molar-refractivity contribution in [1.29, 1.82) is 0 Å². The average Bonchev–Trinajstić information content (AvgIpc) is 2.54. The lowest BCUT2D eigenvalue weighted by atomic mass is 10.1. The molecule has 24 heavy (non-hydrogen) atoms. The van der Waals surface area contributed by atoms with E-state index in [2.05, 4.69) is 10.2 Å². The third kappa shape index (κ3) is 4.07. The number of halogens is 3. The fraction of sp³-hybridized carbons (Fsp3) is 0.214. The van der Waals surface area contributed by atoms with Gasteiger partial charge in [0.05, 0.1) is 11.4 Å². The average molecular weight is 359 g/mol. The van der Waals surface area contributed by atoms with Crippen LogP contribution in [0.2, 0.25) is 0 Å². The SMILES string of the molecule is CCS(=O)(=O)c1ccc(-c2cccc(NC(=O)C(F)(F)F)c2)nn1. The molecule has 1 amide bonds. The standard InChI is InChI=1S/C14H12F3N3O3S/c1-2-24(22,23)12-7-6-11(19-20-12)9-4-3-5-10(8-9)18-13(21)14(15,16)17/h3-8H,2H2,1H3,(H,18,21). The molecule has 0 bridgehead atoms. The van der Waals surface area contributed by atoms with E-state index in [0.29, 0.717) is 5.56 Å². The van der Waals surface area contributed by atoms with Gasteiger partial charge in [-0.15, -0.1) is 10.2 Å². The number of sulfone groups is 1. The minimum atomic E-state index is -4.99. The Morgan fingerprint density at radius 2 is 1.88 bits per heavy atom. The number of alkyl halides is 3. The molecule has 2 aromatic rings. The van der Waals surface area contributed by atoms with Crippen LogP contribution in [0.25, 0.3) is 11.3 Å². The van der Waals surface area contributed by atoms with Crippen molar-refractivity contribution in [2.45, 2.75) is 18.1 Å². The summed E-state index contributed by atoms with van der Waals surface area (Å²) in [4.78, 5) is 10.9. The van der Waals surface area contributed by atoms with Gasteiger partial charge in [0, 0.05) is 11.3 Å². The first kappa shape index (κ1) is 17.9. The van der Waals surface area contributed by atoms with Crippen LogP contribution in [0, 0.1) is 0 Å². The van der Waals surface area contributed by atoms with Gasteiger partial charge in [0.2, 0.25) is 0 Å². The minimum absolute atomic E-state index is 0.0677. The molecule has 0 aliphatic rings. The maximum absolute atomic E-state index is 12.3. The number of amides is 1. The molecule has 0 spiro atoms. The second-order valence-electron chi connectivity index (χ2n) is 4.69. The number of nitrogens with zero attached hydrogens (tertiary/aromatic N) is 2. The summed E-state index contributed by atoms with van der Waals surface area (Å²) in [6.45, 7) is 1.47. The lowest BCUT2D eigenvalue weighted by Crippen LogP contribution is -2.29. The summed E-state index contributed by atoms with van der Waals surface area (Å²) in [6, 6.07) is 8.20. The van der Waals surface area contributed by atoms with Crippen LogP contribution < -0.4 is 5.32 Å². The van der Waals surface area contributed by atoms with Crippen LogP contribution >= 0.6 is 0 Å². The molecule has 0 aliphatic heterocycles. The maximum Gasteiger partial charge on any atom is 0.471 e. The van der Waals surface area contributed by atoms with Gasteiger partial charge >= 0.3 is 12.1 Å². The van der Waals surface area contributed by atoms with E-state index < -0.39 is 21.9 Å². The molecule has 1 heterocycles. The number of aromatic nitrogens is 2. The molecule has 128 valence electrons. The van der Waals surface area contributed by atoms with Gasteiger partial charge in [-0.3, -0.25) is 4.79 Å². The minimum Gasteiger partial charge on any atom is -0.318 e. The van der Waals surface area contributed by atoms with E-state index in [0.717, 1.165) is 0 Å². The van der Waals surface area contributed by atoms with Gasteiger partial charge in [-0.05, 0) is 24.3 Å². The zero-order chi connectivity index (χ0) is 18.0. The molecule has 2 rings (SSSR count). The largest absolute Gasteiger partial charge is 0.471 e. The second kappa shape index (κ2) is 6.56. The van der Waals surface area contributed by atoms with E-state index in [1.165, 1.54) is 37.3 Å². The molecule has 0 aliphatic carbocycles. The second-order valence-corrected chi connectivity index (χ2v) is 6.92. The summed E-state index contributed by atoms with van der Waals surface area (Å²) in [5.74, 6) is -2.21. The van der Waals surface area contributed by atoms with Crippen LogP contribution in [0.3, 0.4) is 0 Å². The van der Waals surface area contributed by atoms with Crippen molar-refractivity contribution in [3.8, 4) is 11.3 Å². The Morgan fingerprint density at radius 3 is 2.42 bits per heavy atom. The molecular formula is C14H12F3N3O3S. The van der Waals surface area contributed by atoms with Crippen LogP contribution in [0.5, 0.6) is 0 Å². The third-order valence-corrected chi connectivity index (χ3v) is 4.63. The fourth-order valence-electron chi connectivity index (χ4n) is 1.75. The number of anilines is 1. The predicted molar refractivity (Wildman–Crippen MR) is 79.9 cm³/mol. The topological polar surface area (TPSA) is 89.0 Å². The van der Waals surface area contributed by atoms with Gasteiger partial charge in [0.1, 0.15) is 0 Å². The van der Waals surface area contributed by atoms with Crippen LogP contribution in [-0.2, 0) is 14.6 Å². The number of benzene rings is 1. The van der Waals surface area contributed by atoms with Gasteiger partial charge in [-0.2, -0.15) is 13.2 Å². The lowest BCUT2D eigenvalue weighted by Gasteiger charge is -2.09. The Labute approximate surface area is 135 Å². The van der Waals surface area contributed by atoms with E-state index in [1.807, 2.05) is 0 Å². The number of rotatable bonds is 4. The molecule has 0 fully saturated rings. The fourth-order valence-corrected chi connectivity index (χ4v) is 2.48. The third-order valence-electron chi connectivity index (χ3n) is 3.01. The van der Waals surface area contributed by atoms with Crippen molar-refractivity contribution in [2.75, 3.05) is 11.1 Å². The van der Waals surface area contributed by atoms with Gasteiger partial charge in [-0.1, -0.05) is 19.1 Å². The van der Waals surface area contributed by atoms with E-state index in [1.54, 1.807) is 11.4 Å². The molecule has 1 aromatic carbocycles. The Hall–Kier alpha value is -2.49. The molecule has 1 aromatic heterocycles. The summed E-state index contributed by atoms with van der Waals surface area (Å²) >= 11 is 0. The summed E-state index contributed by atoms with van der Waals surface area (Å²) < 4.78 is 60.1. The molecule has 0 saturated carbocycles. The molecular weight excluding hydrogens is 347 g/mol. The number of nitrogens with one attached hydrogen (secondary N) is 1. The summed E-state index contributed by atoms with van der Waals surface area (Å²) in [7, 11) is -3.49. The number of carbonyl (C=O) groups excluding carboxylic acids is 1. The predicted octanol–water partition coefficient (Wildman–Crippen LogP) is 2.44. The Morgan fingerprint density at radius 1 is 1.17 bits per heavy atom. The molecule has 0 unspecified atom stereocenters. The van der Waals surface area contributed by atoms with Crippen LogP contribution in [-0.4, -0.2) is 36.5 Å². The molecule has 0 saturated heterocycles. The monoisotopic (exact) mass is 359 g/mol. The van der Waals surface area contributed by atoms with Gasteiger partial charge in [-0.25, -0.2) is 8.42 Å². The molecule has 0 radical (unpaired) electrons. The number of hydrogen-bond donors (Lipinski definition) is 1. The van der Waals surface area contributed by atoms with Crippen molar-refractivity contribution < 1.29 is 26.4 Å². The highest BCUT2D eigenvalue weighted by Gasteiger charge is 2.38. The summed E-state index contributed by atoms with van der Waals surface area (Å²) in [6.07, 6.45) is -4.99. The molecule has 1 N–H and O–H groups in total.